The molecule has 4 nitrogen and oxygen atoms in total. The van der Waals surface area contributed by atoms with Gasteiger partial charge in [-0.3, -0.25) is 4.18 Å². The molecule has 0 aromatic carbocycles. The second-order valence-corrected chi connectivity index (χ2v) is 4.91. The summed E-state index contributed by atoms with van der Waals surface area (Å²) >= 11 is 0. The maximum atomic E-state index is 10.8. The van der Waals surface area contributed by atoms with E-state index in [1.54, 1.807) is 0 Å². The zero-order valence-electron chi connectivity index (χ0n) is 7.12. The average molecular weight is 194 g/mol. The maximum Gasteiger partial charge on any atom is 0.265 e. The van der Waals surface area contributed by atoms with Crippen LogP contribution in [0.15, 0.2) is 0 Å². The van der Waals surface area contributed by atoms with Crippen LogP contribution in [0.3, 0.4) is 0 Å². The number of rotatable bonds is 3. The van der Waals surface area contributed by atoms with E-state index in [1.165, 1.54) is 0 Å². The van der Waals surface area contributed by atoms with Gasteiger partial charge in [-0.25, -0.2) is 0 Å². The molecule has 0 saturated heterocycles. The van der Waals surface area contributed by atoms with E-state index in [0.717, 1.165) is 19.1 Å². The molecule has 1 N–H and O–H groups in total. The second-order valence-electron chi connectivity index (χ2n) is 3.34. The van der Waals surface area contributed by atoms with Crippen molar-refractivity contribution >= 4 is 10.1 Å². The maximum absolute atomic E-state index is 10.8. The van der Waals surface area contributed by atoms with Gasteiger partial charge in [-0.05, 0) is 12.8 Å². The highest BCUT2D eigenvalue weighted by atomic mass is 32.2. The monoisotopic (exact) mass is 194 g/mol. The molecule has 0 atom stereocenters. The van der Waals surface area contributed by atoms with E-state index < -0.39 is 15.7 Å². The van der Waals surface area contributed by atoms with Crippen LogP contribution in [0.25, 0.3) is 0 Å². The third kappa shape index (κ3) is 2.43. The molecule has 12 heavy (non-hydrogen) atoms. The largest absolute Gasteiger partial charge is 0.393 e. The van der Waals surface area contributed by atoms with Crippen LogP contribution in [0.5, 0.6) is 0 Å². The number of aliphatic hydroxyl groups excluding tert-OH is 1. The fourth-order valence-electron chi connectivity index (χ4n) is 1.61. The highest BCUT2D eigenvalue weighted by Crippen LogP contribution is 2.33. The van der Waals surface area contributed by atoms with Crippen LogP contribution in [-0.4, -0.2) is 32.0 Å². The minimum atomic E-state index is -3.44. The third-order valence-corrected chi connectivity index (χ3v) is 2.79. The molecular weight excluding hydrogens is 180 g/mol. The molecule has 0 spiro atoms. The van der Waals surface area contributed by atoms with E-state index in [-0.39, 0.29) is 6.61 Å². The fraction of sp³-hybridized carbons (Fsp3) is 1.00. The summed E-state index contributed by atoms with van der Waals surface area (Å²) in [6.07, 6.45) is 4.14. The Morgan fingerprint density at radius 1 is 1.42 bits per heavy atom. The van der Waals surface area contributed by atoms with Crippen LogP contribution >= 0.6 is 0 Å². The molecule has 1 fully saturated rings. The quantitative estimate of drug-likeness (QED) is 0.655. The predicted octanol–water partition coefficient (Wildman–Crippen LogP) is 0.268. The van der Waals surface area contributed by atoms with Gasteiger partial charge in [0, 0.05) is 0 Å². The lowest BCUT2D eigenvalue weighted by Gasteiger charge is -2.24. The van der Waals surface area contributed by atoms with Crippen LogP contribution < -0.4 is 0 Å². The molecule has 1 saturated carbocycles. The van der Waals surface area contributed by atoms with E-state index in [1.807, 2.05) is 0 Å². The van der Waals surface area contributed by atoms with Crippen molar-refractivity contribution < 1.29 is 17.7 Å². The lowest BCUT2D eigenvalue weighted by molar-refractivity contribution is 0.0217. The summed E-state index contributed by atoms with van der Waals surface area (Å²) in [7, 11) is -3.44. The second kappa shape index (κ2) is 3.32. The number of hydrogen-bond acceptors (Lipinski definition) is 4. The van der Waals surface area contributed by atoms with Gasteiger partial charge in [-0.2, -0.15) is 8.42 Å². The normalized spacial score (nSPS) is 22.8. The van der Waals surface area contributed by atoms with E-state index >= 15 is 0 Å². The first kappa shape index (κ1) is 9.95. The number of hydrogen-bond donors (Lipinski definition) is 1. The minimum absolute atomic E-state index is 0.208. The Labute approximate surface area is 72.7 Å². The molecule has 0 aliphatic heterocycles. The van der Waals surface area contributed by atoms with Crippen molar-refractivity contribution in [2.75, 3.05) is 12.9 Å². The summed E-state index contributed by atoms with van der Waals surface area (Å²) in [6.45, 7) is -0.208. The van der Waals surface area contributed by atoms with E-state index in [9.17, 15) is 8.42 Å². The molecule has 0 heterocycles. The molecule has 0 bridgehead atoms. The highest BCUT2D eigenvalue weighted by Gasteiger charge is 2.37. The predicted molar refractivity (Wildman–Crippen MR) is 44.2 cm³/mol. The van der Waals surface area contributed by atoms with Crippen molar-refractivity contribution in [1.29, 1.82) is 0 Å². The lowest BCUT2D eigenvalue weighted by Crippen LogP contribution is -2.35. The molecule has 5 heteroatoms. The lowest BCUT2D eigenvalue weighted by atomic mass is 10.1. The highest BCUT2D eigenvalue weighted by molar-refractivity contribution is 7.86. The molecule has 0 aromatic rings. The molecular formula is C7H14O4S. The SMILES string of the molecule is CS(=O)(=O)OC1(CO)CCCC1. The topological polar surface area (TPSA) is 63.6 Å². The standard InChI is InChI=1S/C7H14O4S/c1-12(9,10)11-7(6-8)4-2-3-5-7/h8H,2-6H2,1H3. The Bertz CT molecular complexity index is 238. The molecule has 72 valence electrons. The summed E-state index contributed by atoms with van der Waals surface area (Å²) < 4.78 is 26.5. The van der Waals surface area contributed by atoms with Gasteiger partial charge < -0.3 is 5.11 Å². The van der Waals surface area contributed by atoms with E-state index in [0.29, 0.717) is 12.8 Å². The Kier molecular flexibility index (Phi) is 2.75. The Balaban J connectivity index is 2.68. The fourth-order valence-corrected chi connectivity index (χ4v) is 2.47. The van der Waals surface area contributed by atoms with Crippen LogP contribution in [0, 0.1) is 0 Å². The van der Waals surface area contributed by atoms with Crippen LogP contribution in [0.1, 0.15) is 25.7 Å². The molecule has 0 aromatic heterocycles. The zero-order valence-corrected chi connectivity index (χ0v) is 7.93. The smallest absolute Gasteiger partial charge is 0.265 e. The van der Waals surface area contributed by atoms with E-state index in [2.05, 4.69) is 0 Å². The van der Waals surface area contributed by atoms with Gasteiger partial charge in [-0.1, -0.05) is 12.8 Å². The van der Waals surface area contributed by atoms with Gasteiger partial charge in [0.25, 0.3) is 10.1 Å². The minimum Gasteiger partial charge on any atom is -0.393 e. The van der Waals surface area contributed by atoms with Crippen molar-refractivity contribution in [3.05, 3.63) is 0 Å². The Hall–Kier alpha value is -0.130. The van der Waals surface area contributed by atoms with Gasteiger partial charge in [0.1, 0.15) is 5.60 Å². The van der Waals surface area contributed by atoms with Gasteiger partial charge in [0.05, 0.1) is 12.9 Å². The first-order valence-electron chi connectivity index (χ1n) is 3.99. The molecule has 0 amide bonds. The summed E-state index contributed by atoms with van der Waals surface area (Å²) in [5, 5.41) is 8.99. The van der Waals surface area contributed by atoms with Gasteiger partial charge in [-0.15, -0.1) is 0 Å². The van der Waals surface area contributed by atoms with Crippen LogP contribution in [0.4, 0.5) is 0 Å². The average Bonchev–Trinajstić information content (AvgIpc) is 2.34. The third-order valence-electron chi connectivity index (χ3n) is 2.13. The summed E-state index contributed by atoms with van der Waals surface area (Å²) in [5.74, 6) is 0. The van der Waals surface area contributed by atoms with Crippen molar-refractivity contribution in [3.8, 4) is 0 Å². The molecule has 1 aliphatic rings. The number of aliphatic hydroxyl groups is 1. The van der Waals surface area contributed by atoms with Gasteiger partial charge in [0.15, 0.2) is 0 Å². The molecule has 0 unspecified atom stereocenters. The molecule has 0 radical (unpaired) electrons. The molecule has 1 rings (SSSR count). The van der Waals surface area contributed by atoms with Crippen molar-refractivity contribution in [2.45, 2.75) is 31.3 Å². The van der Waals surface area contributed by atoms with Gasteiger partial charge >= 0.3 is 0 Å². The van der Waals surface area contributed by atoms with Crippen molar-refractivity contribution in [1.82, 2.24) is 0 Å². The summed E-state index contributed by atoms with van der Waals surface area (Å²) in [5.41, 5.74) is -0.812. The van der Waals surface area contributed by atoms with Crippen molar-refractivity contribution in [3.63, 3.8) is 0 Å². The first-order chi connectivity index (χ1) is 5.47. The first-order valence-corrected chi connectivity index (χ1v) is 5.81. The molecule has 1 aliphatic carbocycles. The summed E-state index contributed by atoms with van der Waals surface area (Å²) in [4.78, 5) is 0. The van der Waals surface area contributed by atoms with Crippen molar-refractivity contribution in [2.24, 2.45) is 0 Å². The van der Waals surface area contributed by atoms with E-state index in [4.69, 9.17) is 9.29 Å². The van der Waals surface area contributed by atoms with Gasteiger partial charge in [0.2, 0.25) is 0 Å². The summed E-state index contributed by atoms with van der Waals surface area (Å²) in [6, 6.07) is 0. The van der Waals surface area contributed by atoms with Crippen LogP contribution in [-0.2, 0) is 14.3 Å². The van der Waals surface area contributed by atoms with Crippen LogP contribution in [0.2, 0.25) is 0 Å². The Morgan fingerprint density at radius 2 is 1.92 bits per heavy atom. The Morgan fingerprint density at radius 3 is 2.25 bits per heavy atom. The zero-order chi connectivity index (χ0) is 9.24.